The van der Waals surface area contributed by atoms with Crippen LogP contribution in [0.4, 0.5) is 0 Å². The molecule has 0 atom stereocenters. The molecule has 0 aliphatic heterocycles. The van der Waals surface area contributed by atoms with E-state index in [1.54, 1.807) is 63.8 Å². The Morgan fingerprint density at radius 1 is 0.265 bits per heavy atom. The normalized spacial score (nSPS) is 16.6. The molecule has 0 fully saturated rings. The summed E-state index contributed by atoms with van der Waals surface area (Å²) in [5, 5.41) is 55.8. The molecule has 0 spiro atoms. The van der Waals surface area contributed by atoms with Crippen molar-refractivity contribution in [3.05, 3.63) is 137 Å². The van der Waals surface area contributed by atoms with E-state index in [1.165, 1.54) is 33.4 Å². The molecule has 0 saturated heterocycles. The van der Waals surface area contributed by atoms with Crippen LogP contribution in [0.15, 0.2) is 137 Å². The lowest BCUT2D eigenvalue weighted by Gasteiger charge is -2.16. The lowest BCUT2D eigenvalue weighted by atomic mass is 9.88. The number of carbonyl (C=O) groups is 6. The first-order valence-corrected chi connectivity index (χ1v) is 49.6. The number of esters is 5. The number of hydrogen-bond donors (Lipinski definition) is 0. The molecular weight excluding hydrogens is 1730 g/mol. The molecule has 0 aromatic heterocycles. The number of hydrogen-bond acceptors (Lipinski definition) is 27. The Morgan fingerprint density at radius 2 is 0.515 bits per heavy atom. The second kappa shape index (κ2) is 84.7. The Bertz CT molecular complexity index is 3970. The van der Waals surface area contributed by atoms with E-state index in [1.807, 2.05) is 81.5 Å². The van der Waals surface area contributed by atoms with Gasteiger partial charge in [-0.1, -0.05) is 97.1 Å². The zero-order valence-corrected chi connectivity index (χ0v) is 85.0. The van der Waals surface area contributed by atoms with Crippen molar-refractivity contribution in [3.8, 4) is 36.4 Å². The number of ketones is 1. The standard InChI is InChI=1S/C20H31NO4.C19H29NO3.2C18H27NO4.C18H27NO3.C16H23NO3/c1-3-4-12-24-13-14-25-20(22)19(16-21)18-10-7-9-17(15-18)8-5-6-11-23-2;1-22-12-5-3-8-16-9-7-10-17(14-16)18(15-20)19(21)11-4-6-13-23-2;1-21-10-4-3-7-15-8-5-9-16(13-15)17(14-19)18(20)23-12-6-11-22-2;1-3-22-11-12-23-18(20)17(14-19)16-9-6-8-15(13-16)7-4-5-10-21-2;1-14(2)13-22-18(20)17(12-19)16-9-6-8-15(11-16)7-4-5-10-21-3;1-3-20-16(18)15(12-17)14-9-6-8-13(11-14)7-4-5-10-19-2/h15H,3-14H2,1-2H3;14H,3-13H2,1-2H3;2*13H,3-12H2,1-2H3;11,14H,4-10,13H2,1-3H3;11H,3-10H2,1-2H3/b19-18-;18-17-;3*17-16-;15-14-. The molecule has 6 aliphatic rings. The molecular formula is C109H164N6O21. The molecule has 136 heavy (non-hydrogen) atoms. The molecule has 0 unspecified atom stereocenters. The third-order valence-electron chi connectivity index (χ3n) is 22.7. The van der Waals surface area contributed by atoms with Gasteiger partial charge in [0.25, 0.3) is 0 Å². The largest absolute Gasteiger partial charge is 0.462 e. The van der Waals surface area contributed by atoms with Crippen LogP contribution in [-0.2, 0) is 99.8 Å². The summed E-state index contributed by atoms with van der Waals surface area (Å²) in [4.78, 5) is 72.3. The number of nitrogens with zero attached hydrogens (tertiary/aromatic N) is 6. The summed E-state index contributed by atoms with van der Waals surface area (Å²) in [5.74, 6) is -2.32. The fourth-order valence-corrected chi connectivity index (χ4v) is 15.5. The molecule has 27 nitrogen and oxygen atoms in total. The van der Waals surface area contributed by atoms with Gasteiger partial charge in [-0.3, -0.25) is 4.79 Å². The van der Waals surface area contributed by atoms with Gasteiger partial charge in [0.15, 0.2) is 5.78 Å². The van der Waals surface area contributed by atoms with Crippen molar-refractivity contribution in [3.63, 3.8) is 0 Å². The molecule has 6 rings (SSSR count). The Hall–Kier alpha value is -9.56. The highest BCUT2D eigenvalue weighted by atomic mass is 16.6. The summed E-state index contributed by atoms with van der Waals surface area (Å²) in [7, 11) is 13.5. The van der Waals surface area contributed by atoms with Crippen LogP contribution in [0.5, 0.6) is 0 Å². The Morgan fingerprint density at radius 3 is 0.772 bits per heavy atom. The molecule has 0 heterocycles. The molecule has 0 amide bonds. The summed E-state index contributed by atoms with van der Waals surface area (Å²) in [6.45, 7) is 18.8. The maximum absolute atomic E-state index is 12.3. The molecule has 0 aromatic carbocycles. The van der Waals surface area contributed by atoms with Crippen molar-refractivity contribution in [2.24, 2.45) is 5.92 Å². The smallest absolute Gasteiger partial charge is 0.349 e. The van der Waals surface area contributed by atoms with Gasteiger partial charge in [-0.15, -0.1) is 0 Å². The van der Waals surface area contributed by atoms with Crippen molar-refractivity contribution < 1.29 is 99.8 Å². The van der Waals surface area contributed by atoms with Gasteiger partial charge in [-0.05, 0) is 304 Å². The number of carbonyl (C=O) groups excluding carboxylic acids is 6. The number of ether oxygens (including phenoxy) is 15. The summed E-state index contributed by atoms with van der Waals surface area (Å²) in [5.41, 5.74) is 14.1. The second-order valence-corrected chi connectivity index (χ2v) is 34.2. The van der Waals surface area contributed by atoms with E-state index in [2.05, 4.69) is 19.1 Å². The Labute approximate surface area is 815 Å². The van der Waals surface area contributed by atoms with Gasteiger partial charge in [0.2, 0.25) is 0 Å². The van der Waals surface area contributed by atoms with Crippen molar-refractivity contribution in [1.82, 2.24) is 0 Å². The number of nitriles is 6. The van der Waals surface area contributed by atoms with Crippen LogP contribution < -0.4 is 0 Å². The summed E-state index contributed by atoms with van der Waals surface area (Å²) < 4.78 is 76.3. The van der Waals surface area contributed by atoms with E-state index >= 15 is 0 Å². The van der Waals surface area contributed by atoms with E-state index in [4.69, 9.17) is 76.3 Å². The SMILES string of the molecule is CCCCOCCOC(=O)/C(C#N)=C1\C=C(CCCCOC)CCC1.CCOC(=O)/C(C#N)=C1\C=C(CCCCOC)CCC1.CCOCCOC(=O)/C(C#N)=C1\C=C(CCCCOC)CCC1.COCCCCC(=O)/C(C#N)=C1\C=C(CCCCOC)CCC1.COCCCCC1=C/C(=C(/C#N)C(=O)OCC(C)C)CCC1.COCCCCC1=C/C(=C(/C#N)C(=O)OCCCOC)CCC1. The van der Waals surface area contributed by atoms with E-state index in [0.29, 0.717) is 71.3 Å². The van der Waals surface area contributed by atoms with E-state index in [0.717, 1.165) is 330 Å². The van der Waals surface area contributed by atoms with Crippen LogP contribution in [0, 0.1) is 73.9 Å². The molecule has 27 heteroatoms. The van der Waals surface area contributed by atoms with Crippen LogP contribution in [0.3, 0.4) is 0 Å². The van der Waals surface area contributed by atoms with Gasteiger partial charge in [0, 0.05) is 136 Å². The number of methoxy groups -OCH3 is 8. The third-order valence-corrected chi connectivity index (χ3v) is 22.7. The average Bonchev–Trinajstić information content (AvgIpc) is 0.887. The molecule has 6 aliphatic carbocycles. The fraction of sp³-hybridized carbons (Fsp3) is 0.670. The topological polar surface area (TPSA) is 384 Å². The Balaban J connectivity index is 0.000000817. The lowest BCUT2D eigenvalue weighted by Crippen LogP contribution is -2.14. The van der Waals surface area contributed by atoms with Crippen LogP contribution in [0.25, 0.3) is 0 Å². The molecule has 0 aromatic rings. The van der Waals surface area contributed by atoms with Crippen LogP contribution >= 0.6 is 0 Å². The number of rotatable bonds is 58. The Kier molecular flexibility index (Phi) is 77.5. The molecule has 0 radical (unpaired) electrons. The zero-order chi connectivity index (χ0) is 100. The van der Waals surface area contributed by atoms with Crippen LogP contribution in [-0.4, -0.2) is 205 Å². The van der Waals surface area contributed by atoms with Gasteiger partial charge in [0.1, 0.15) is 77.5 Å². The highest BCUT2D eigenvalue weighted by Gasteiger charge is 2.26. The van der Waals surface area contributed by atoms with Crippen molar-refractivity contribution in [1.29, 1.82) is 31.6 Å². The molecule has 0 saturated carbocycles. The number of unbranched alkanes of at least 4 members (excludes halogenated alkanes) is 8. The highest BCUT2D eigenvalue weighted by Crippen LogP contribution is 2.35. The van der Waals surface area contributed by atoms with Gasteiger partial charge < -0.3 is 71.1 Å². The minimum absolute atomic E-state index is 0.0181. The predicted molar refractivity (Wildman–Crippen MR) is 527 cm³/mol. The maximum Gasteiger partial charge on any atom is 0.349 e. The van der Waals surface area contributed by atoms with Crippen molar-refractivity contribution in [2.75, 3.05) is 169 Å². The molecule has 0 bridgehead atoms. The first-order valence-electron chi connectivity index (χ1n) is 49.6. The van der Waals surface area contributed by atoms with E-state index in [-0.39, 0.29) is 59.4 Å². The van der Waals surface area contributed by atoms with Crippen LogP contribution in [0.1, 0.15) is 304 Å². The fourth-order valence-electron chi connectivity index (χ4n) is 15.5. The van der Waals surface area contributed by atoms with Gasteiger partial charge in [-0.25, -0.2) is 24.0 Å². The van der Waals surface area contributed by atoms with Crippen molar-refractivity contribution in [2.45, 2.75) is 304 Å². The maximum atomic E-state index is 12.3. The molecule has 0 N–H and O–H groups in total. The monoisotopic (exact) mass is 1890 g/mol. The van der Waals surface area contributed by atoms with Gasteiger partial charge in [-0.2, -0.15) is 31.6 Å². The minimum atomic E-state index is -0.543. The zero-order valence-electron chi connectivity index (χ0n) is 85.0. The minimum Gasteiger partial charge on any atom is -0.462 e. The first kappa shape index (κ1) is 124. The summed E-state index contributed by atoms with van der Waals surface area (Å²) in [6, 6.07) is 12.2. The predicted octanol–water partition coefficient (Wildman–Crippen LogP) is 22.1. The van der Waals surface area contributed by atoms with E-state index in [9.17, 15) is 55.1 Å². The third kappa shape index (κ3) is 58.2. The second-order valence-electron chi connectivity index (χ2n) is 34.2. The average molecular weight is 1890 g/mol. The van der Waals surface area contributed by atoms with Gasteiger partial charge in [0.05, 0.1) is 38.6 Å². The van der Waals surface area contributed by atoms with Crippen LogP contribution in [0.2, 0.25) is 0 Å². The lowest BCUT2D eigenvalue weighted by molar-refractivity contribution is -0.141. The number of allylic oxidation sites excluding steroid dienone is 19. The quantitative estimate of drug-likeness (QED) is 0.0179. The number of Topliss-reactive ketones (excluding diaryl/α,β-unsaturated/α-hetero) is 1. The highest BCUT2D eigenvalue weighted by molar-refractivity contribution is 6.00. The summed E-state index contributed by atoms with van der Waals surface area (Å²) in [6.07, 6.45) is 52.6. The van der Waals surface area contributed by atoms with E-state index < -0.39 is 29.8 Å². The summed E-state index contributed by atoms with van der Waals surface area (Å²) >= 11 is 0. The first-order chi connectivity index (χ1) is 66.2. The molecule has 756 valence electrons. The van der Waals surface area contributed by atoms with Gasteiger partial charge >= 0.3 is 29.8 Å². The van der Waals surface area contributed by atoms with Crippen molar-refractivity contribution >= 4 is 35.6 Å².